The molecule has 0 bridgehead atoms. The Labute approximate surface area is 266 Å². The number of nitrogens with one attached hydrogen (secondary N) is 2. The Kier molecular flexibility index (Phi) is 9.04. The standard InChI is InChI=1S/C35H34N6O5/c1-45-32-19-24-16-18-40(22-25(24)20-33(32)46-2)17-15-23-11-13-26(14-12-23)37-35(43)41(44)31-10-6-5-9-29(31)39-34(42)30-21-36-27-7-3-4-8-28(27)38-30/h3-14,19-21,44H,15-18,22H2,1-2H3,(H,37,43)(H,39,42). The number of fused-ring (bicyclic) bond motifs is 2. The number of hydroxylamine groups is 1. The lowest BCUT2D eigenvalue weighted by Crippen LogP contribution is -2.33. The molecule has 3 N–H and O–H groups in total. The van der Waals surface area contributed by atoms with E-state index in [-0.39, 0.29) is 17.1 Å². The first-order valence-corrected chi connectivity index (χ1v) is 14.9. The van der Waals surface area contributed by atoms with Gasteiger partial charge in [0.05, 0.1) is 42.8 Å². The minimum Gasteiger partial charge on any atom is -0.493 e. The summed E-state index contributed by atoms with van der Waals surface area (Å²) in [4.78, 5) is 37.0. The number of carbonyl (C=O) groups excluding carboxylic acids is 2. The highest BCUT2D eigenvalue weighted by atomic mass is 16.5. The van der Waals surface area contributed by atoms with E-state index in [1.807, 2.05) is 24.3 Å². The Morgan fingerprint density at radius 2 is 1.59 bits per heavy atom. The molecule has 46 heavy (non-hydrogen) atoms. The second-order valence-corrected chi connectivity index (χ2v) is 10.9. The van der Waals surface area contributed by atoms with Gasteiger partial charge in [0.1, 0.15) is 5.69 Å². The van der Waals surface area contributed by atoms with Crippen LogP contribution in [0.4, 0.5) is 21.9 Å². The number of carbonyl (C=O) groups is 2. The smallest absolute Gasteiger partial charge is 0.350 e. The molecule has 5 aromatic rings. The van der Waals surface area contributed by atoms with Crippen LogP contribution in [-0.4, -0.2) is 59.3 Å². The van der Waals surface area contributed by atoms with Crippen LogP contribution in [0.15, 0.2) is 91.1 Å². The molecule has 1 aliphatic rings. The topological polar surface area (TPSA) is 129 Å². The van der Waals surface area contributed by atoms with Gasteiger partial charge in [0.2, 0.25) is 0 Å². The van der Waals surface area contributed by atoms with Gasteiger partial charge in [-0.05, 0) is 78.1 Å². The lowest BCUT2D eigenvalue weighted by atomic mass is 9.98. The van der Waals surface area contributed by atoms with Crippen molar-refractivity contribution in [3.05, 3.63) is 114 Å². The fraction of sp³-hybridized carbons (Fsp3) is 0.200. The predicted octanol–water partition coefficient (Wildman–Crippen LogP) is 5.93. The van der Waals surface area contributed by atoms with Crippen molar-refractivity contribution in [2.45, 2.75) is 19.4 Å². The van der Waals surface area contributed by atoms with Crippen LogP contribution in [0.25, 0.3) is 11.0 Å². The molecule has 0 saturated carbocycles. The highest BCUT2D eigenvalue weighted by molar-refractivity contribution is 6.08. The van der Waals surface area contributed by atoms with Crippen LogP contribution >= 0.6 is 0 Å². The maximum absolute atomic E-state index is 13.0. The fourth-order valence-corrected chi connectivity index (χ4v) is 5.48. The Morgan fingerprint density at radius 3 is 2.35 bits per heavy atom. The molecular formula is C35H34N6O5. The van der Waals surface area contributed by atoms with Gasteiger partial charge in [-0.1, -0.05) is 36.4 Å². The lowest BCUT2D eigenvalue weighted by Gasteiger charge is -2.29. The second-order valence-electron chi connectivity index (χ2n) is 10.9. The van der Waals surface area contributed by atoms with E-state index in [4.69, 9.17) is 9.47 Å². The van der Waals surface area contributed by atoms with Gasteiger partial charge in [0.25, 0.3) is 5.91 Å². The predicted molar refractivity (Wildman–Crippen MR) is 176 cm³/mol. The van der Waals surface area contributed by atoms with Crippen molar-refractivity contribution < 1.29 is 24.3 Å². The van der Waals surface area contributed by atoms with E-state index in [1.165, 1.54) is 23.4 Å². The zero-order valence-corrected chi connectivity index (χ0v) is 25.6. The zero-order chi connectivity index (χ0) is 32.0. The highest BCUT2D eigenvalue weighted by Gasteiger charge is 2.21. The van der Waals surface area contributed by atoms with Crippen molar-refractivity contribution in [2.24, 2.45) is 0 Å². The van der Waals surface area contributed by atoms with E-state index in [2.05, 4.69) is 37.6 Å². The van der Waals surface area contributed by atoms with E-state index < -0.39 is 11.9 Å². The van der Waals surface area contributed by atoms with Crippen molar-refractivity contribution in [3.63, 3.8) is 0 Å². The van der Waals surface area contributed by atoms with E-state index in [1.54, 1.807) is 56.7 Å². The van der Waals surface area contributed by atoms with Crippen LogP contribution in [0.3, 0.4) is 0 Å². The molecular weight excluding hydrogens is 584 g/mol. The van der Waals surface area contributed by atoms with E-state index >= 15 is 0 Å². The van der Waals surface area contributed by atoms with Crippen molar-refractivity contribution in [1.82, 2.24) is 14.9 Å². The molecule has 0 radical (unpaired) electrons. The maximum atomic E-state index is 13.0. The Morgan fingerprint density at radius 1 is 0.891 bits per heavy atom. The number of methoxy groups -OCH3 is 2. The van der Waals surface area contributed by atoms with Crippen LogP contribution in [0.5, 0.6) is 11.5 Å². The molecule has 0 unspecified atom stereocenters. The van der Waals surface area contributed by atoms with Gasteiger partial charge in [-0.2, -0.15) is 5.06 Å². The van der Waals surface area contributed by atoms with Crippen molar-refractivity contribution >= 4 is 40.0 Å². The third kappa shape index (κ3) is 6.75. The van der Waals surface area contributed by atoms with E-state index in [9.17, 15) is 14.8 Å². The lowest BCUT2D eigenvalue weighted by molar-refractivity contribution is 0.102. The zero-order valence-electron chi connectivity index (χ0n) is 25.6. The molecule has 6 rings (SSSR count). The molecule has 1 aromatic heterocycles. The van der Waals surface area contributed by atoms with Gasteiger partial charge in [-0.15, -0.1) is 0 Å². The number of hydrogen-bond donors (Lipinski definition) is 3. The third-order valence-corrected chi connectivity index (χ3v) is 7.97. The van der Waals surface area contributed by atoms with E-state index in [0.29, 0.717) is 21.8 Å². The number of urea groups is 1. The number of anilines is 3. The molecule has 2 heterocycles. The number of benzene rings is 4. The summed E-state index contributed by atoms with van der Waals surface area (Å²) in [6, 6.07) is 24.6. The Bertz CT molecular complexity index is 1880. The molecule has 0 aliphatic carbocycles. The van der Waals surface area contributed by atoms with Gasteiger partial charge in [-0.25, -0.2) is 9.78 Å². The summed E-state index contributed by atoms with van der Waals surface area (Å²) in [6.07, 6.45) is 3.17. The van der Waals surface area contributed by atoms with Crippen LogP contribution in [0.2, 0.25) is 0 Å². The number of para-hydroxylation sites is 4. The molecule has 0 saturated heterocycles. The molecule has 0 atom stereocenters. The Hall–Kier alpha value is -5.52. The summed E-state index contributed by atoms with van der Waals surface area (Å²) in [5, 5.41) is 16.7. The van der Waals surface area contributed by atoms with Crippen molar-refractivity contribution in [3.8, 4) is 11.5 Å². The monoisotopic (exact) mass is 618 g/mol. The SMILES string of the molecule is COc1cc2c(cc1OC)CN(CCc1ccc(NC(=O)N(O)c3ccccc3NC(=O)c3cnc4ccccc4n3)cc1)CC2. The number of rotatable bonds is 9. The summed E-state index contributed by atoms with van der Waals surface area (Å²) in [7, 11) is 3.30. The number of amides is 3. The number of ether oxygens (including phenoxy) is 2. The van der Waals surface area contributed by atoms with Crippen LogP contribution in [-0.2, 0) is 19.4 Å². The average molecular weight is 619 g/mol. The van der Waals surface area contributed by atoms with Gasteiger partial charge >= 0.3 is 6.03 Å². The minimum atomic E-state index is -0.779. The summed E-state index contributed by atoms with van der Waals surface area (Å²) in [5.41, 5.74) is 5.87. The first-order chi connectivity index (χ1) is 22.4. The summed E-state index contributed by atoms with van der Waals surface area (Å²) in [5.74, 6) is 0.976. The maximum Gasteiger partial charge on any atom is 0.350 e. The van der Waals surface area contributed by atoms with Crippen molar-refractivity contribution in [1.29, 1.82) is 0 Å². The molecule has 0 spiro atoms. The molecule has 11 heteroatoms. The highest BCUT2D eigenvalue weighted by Crippen LogP contribution is 2.33. The summed E-state index contributed by atoms with van der Waals surface area (Å²) in [6.45, 7) is 2.69. The van der Waals surface area contributed by atoms with Crippen LogP contribution < -0.4 is 25.2 Å². The first-order valence-electron chi connectivity index (χ1n) is 14.9. The van der Waals surface area contributed by atoms with Crippen LogP contribution in [0.1, 0.15) is 27.2 Å². The van der Waals surface area contributed by atoms with Crippen LogP contribution in [0, 0.1) is 0 Å². The number of hydrogen-bond acceptors (Lipinski definition) is 8. The quantitative estimate of drug-likeness (QED) is 0.137. The number of nitrogens with zero attached hydrogens (tertiary/aromatic N) is 4. The summed E-state index contributed by atoms with van der Waals surface area (Å²) >= 11 is 0. The van der Waals surface area contributed by atoms with E-state index in [0.717, 1.165) is 49.5 Å². The second kappa shape index (κ2) is 13.6. The molecule has 234 valence electrons. The van der Waals surface area contributed by atoms with Crippen molar-refractivity contribution in [2.75, 3.05) is 43.0 Å². The largest absolute Gasteiger partial charge is 0.493 e. The number of aromatic nitrogens is 2. The van der Waals surface area contributed by atoms with Gasteiger partial charge in [0, 0.05) is 25.3 Å². The molecule has 0 fully saturated rings. The summed E-state index contributed by atoms with van der Waals surface area (Å²) < 4.78 is 10.9. The normalized spacial score (nSPS) is 12.7. The Balaban J connectivity index is 1.04. The fourth-order valence-electron chi connectivity index (χ4n) is 5.48. The van der Waals surface area contributed by atoms with Gasteiger partial charge < -0.3 is 20.1 Å². The third-order valence-electron chi connectivity index (χ3n) is 7.97. The first kappa shape index (κ1) is 30.5. The molecule has 1 aliphatic heterocycles. The van der Waals surface area contributed by atoms with Gasteiger partial charge in [-0.3, -0.25) is 19.9 Å². The molecule has 4 aromatic carbocycles. The van der Waals surface area contributed by atoms with Gasteiger partial charge in [0.15, 0.2) is 11.5 Å². The average Bonchev–Trinajstić information content (AvgIpc) is 3.10. The molecule has 11 nitrogen and oxygen atoms in total. The minimum absolute atomic E-state index is 0.0953. The molecule has 3 amide bonds.